The lowest BCUT2D eigenvalue weighted by atomic mass is 9.72. The van der Waals surface area contributed by atoms with Gasteiger partial charge in [0, 0.05) is 27.1 Å². The highest BCUT2D eigenvalue weighted by atomic mass is 32.2. The van der Waals surface area contributed by atoms with Crippen molar-refractivity contribution in [2.75, 3.05) is 17.7 Å². The van der Waals surface area contributed by atoms with Crippen molar-refractivity contribution in [2.24, 2.45) is 11.3 Å². The molecule has 0 saturated heterocycles. The number of amides is 3. The number of thiophene rings is 1. The average Bonchev–Trinajstić information content (AvgIpc) is 3.48. The molecule has 3 amide bonds. The minimum atomic E-state index is -0.707. The third-order valence-corrected chi connectivity index (χ3v) is 11.1. The number of fused-ring (bicyclic) bond motifs is 1. The van der Waals surface area contributed by atoms with E-state index in [0.29, 0.717) is 32.6 Å². The SMILES string of the molecule is COC(=O)c1c(NC(=O)C(C)Sc2cccc(NC(=O)/C(=C\c3ccccc3[N+](=O)[O-])NC(=O)c3ccccc3)c2)sc2c1CCC(C(C)(C)C)C2. The minimum Gasteiger partial charge on any atom is -0.465 e. The summed E-state index contributed by atoms with van der Waals surface area (Å²) in [5.41, 5.74) is 1.85. The highest BCUT2D eigenvalue weighted by Crippen LogP contribution is 2.44. The maximum Gasteiger partial charge on any atom is 0.341 e. The Labute approximate surface area is 310 Å². The van der Waals surface area contributed by atoms with Gasteiger partial charge in [-0.2, -0.15) is 0 Å². The number of thioether (sulfide) groups is 1. The fraction of sp³-hybridized carbons (Fsp3) is 0.282. The number of methoxy groups -OCH3 is 1. The molecular weight excluding hydrogens is 701 g/mol. The molecule has 1 aliphatic carbocycles. The lowest BCUT2D eigenvalue weighted by Gasteiger charge is -2.33. The van der Waals surface area contributed by atoms with Crippen molar-refractivity contribution in [3.63, 3.8) is 0 Å². The molecule has 52 heavy (non-hydrogen) atoms. The van der Waals surface area contributed by atoms with Crippen LogP contribution in [0.25, 0.3) is 6.08 Å². The summed E-state index contributed by atoms with van der Waals surface area (Å²) >= 11 is 2.69. The van der Waals surface area contributed by atoms with Gasteiger partial charge in [-0.1, -0.05) is 57.2 Å². The van der Waals surface area contributed by atoms with E-state index in [1.807, 2.05) is 0 Å². The number of rotatable bonds is 11. The number of hydrogen-bond donors (Lipinski definition) is 3. The first-order valence-corrected chi connectivity index (χ1v) is 18.4. The standard InChI is InChI=1S/C39H40N4O7S2/c1-23(34(44)42-37-33(38(47)50-5)29-19-18-26(39(2,3)4)21-32(29)52-37)51-28-16-11-15-27(22-28)40-36(46)30(41-35(45)24-12-7-6-8-13-24)20-25-14-9-10-17-31(25)43(48)49/h6-17,20,22-23,26H,18-19,21H2,1-5H3,(H,40,46)(H,41,45)(H,42,44)/b30-20+. The second-order valence-corrected chi connectivity index (χ2v) is 16.0. The fourth-order valence-corrected chi connectivity index (χ4v) is 8.17. The number of nitro groups is 1. The quantitative estimate of drug-likeness (QED) is 0.0458. The number of anilines is 2. The molecule has 0 fully saturated rings. The second-order valence-electron chi connectivity index (χ2n) is 13.4. The van der Waals surface area contributed by atoms with Gasteiger partial charge in [-0.15, -0.1) is 23.1 Å². The number of hydrogen-bond acceptors (Lipinski definition) is 9. The van der Waals surface area contributed by atoms with Crippen molar-refractivity contribution in [1.82, 2.24) is 5.32 Å². The zero-order chi connectivity index (χ0) is 37.6. The molecule has 0 bridgehead atoms. The third-order valence-electron chi connectivity index (χ3n) is 8.85. The summed E-state index contributed by atoms with van der Waals surface area (Å²) in [5, 5.41) is 19.9. The Bertz CT molecular complexity index is 2040. The molecule has 270 valence electrons. The first kappa shape index (κ1) is 38.0. The fourth-order valence-electron chi connectivity index (χ4n) is 5.92. The number of esters is 1. The summed E-state index contributed by atoms with van der Waals surface area (Å²) in [6, 6.07) is 21.0. The van der Waals surface area contributed by atoms with Gasteiger partial charge in [-0.3, -0.25) is 24.5 Å². The Hall–Kier alpha value is -5.27. The van der Waals surface area contributed by atoms with Crippen LogP contribution >= 0.6 is 23.1 Å². The van der Waals surface area contributed by atoms with Gasteiger partial charge < -0.3 is 20.7 Å². The average molecular weight is 741 g/mol. The lowest BCUT2D eigenvalue weighted by molar-refractivity contribution is -0.385. The Kier molecular flexibility index (Phi) is 12.0. The lowest BCUT2D eigenvalue weighted by Crippen LogP contribution is -2.30. The molecule has 4 aromatic rings. The van der Waals surface area contributed by atoms with Crippen LogP contribution in [-0.4, -0.2) is 41.0 Å². The number of benzene rings is 3. The van der Waals surface area contributed by atoms with E-state index in [4.69, 9.17) is 4.74 Å². The summed E-state index contributed by atoms with van der Waals surface area (Å²) in [7, 11) is 1.34. The number of nitrogens with one attached hydrogen (secondary N) is 3. The second kappa shape index (κ2) is 16.4. The number of carbonyl (C=O) groups is 4. The number of nitro benzene ring substituents is 1. The Morgan fingerprint density at radius 1 is 1.00 bits per heavy atom. The zero-order valence-corrected chi connectivity index (χ0v) is 31.1. The number of nitrogens with zero attached hydrogens (tertiary/aromatic N) is 1. The van der Waals surface area contributed by atoms with Gasteiger partial charge >= 0.3 is 5.97 Å². The van der Waals surface area contributed by atoms with Crippen molar-refractivity contribution in [1.29, 1.82) is 0 Å². The van der Waals surface area contributed by atoms with E-state index in [0.717, 1.165) is 29.7 Å². The van der Waals surface area contributed by atoms with Crippen molar-refractivity contribution < 1.29 is 28.8 Å². The van der Waals surface area contributed by atoms with E-state index in [2.05, 4.69) is 36.7 Å². The van der Waals surface area contributed by atoms with E-state index in [1.165, 1.54) is 54.5 Å². The molecule has 3 aromatic carbocycles. The van der Waals surface area contributed by atoms with Gasteiger partial charge in [0.15, 0.2) is 0 Å². The maximum absolute atomic E-state index is 13.6. The van der Waals surface area contributed by atoms with Gasteiger partial charge in [-0.05, 0) is 85.6 Å². The minimum absolute atomic E-state index is 0.117. The van der Waals surface area contributed by atoms with Gasteiger partial charge in [0.2, 0.25) is 5.91 Å². The molecule has 0 radical (unpaired) electrons. The molecule has 13 heteroatoms. The van der Waals surface area contributed by atoms with Crippen LogP contribution in [0.3, 0.4) is 0 Å². The number of ether oxygens (including phenoxy) is 1. The summed E-state index contributed by atoms with van der Waals surface area (Å²) < 4.78 is 5.11. The van der Waals surface area contributed by atoms with Crippen molar-refractivity contribution in [2.45, 2.75) is 57.1 Å². The molecular formula is C39H40N4O7S2. The smallest absolute Gasteiger partial charge is 0.341 e. The van der Waals surface area contributed by atoms with Gasteiger partial charge in [0.05, 0.1) is 28.4 Å². The summed E-state index contributed by atoms with van der Waals surface area (Å²) in [5.74, 6) is -1.59. The molecule has 3 N–H and O–H groups in total. The molecule has 11 nitrogen and oxygen atoms in total. The predicted octanol–water partition coefficient (Wildman–Crippen LogP) is 8.12. The normalized spacial score (nSPS) is 14.8. The molecule has 1 aliphatic rings. The largest absolute Gasteiger partial charge is 0.465 e. The predicted molar refractivity (Wildman–Crippen MR) is 205 cm³/mol. The molecule has 2 atom stereocenters. The highest BCUT2D eigenvalue weighted by molar-refractivity contribution is 8.00. The summed E-state index contributed by atoms with van der Waals surface area (Å²) in [6.07, 6.45) is 3.79. The number of carbonyl (C=O) groups excluding carboxylic acids is 4. The van der Waals surface area contributed by atoms with Crippen LogP contribution in [0.5, 0.6) is 0 Å². The molecule has 2 unspecified atom stereocenters. The van der Waals surface area contributed by atoms with Crippen molar-refractivity contribution in [3.8, 4) is 0 Å². The van der Waals surface area contributed by atoms with Crippen molar-refractivity contribution in [3.05, 3.63) is 122 Å². The third kappa shape index (κ3) is 9.14. The van der Waals surface area contributed by atoms with E-state index in [-0.39, 0.29) is 28.3 Å². The van der Waals surface area contributed by atoms with Crippen LogP contribution in [0.15, 0.2) is 89.5 Å². The summed E-state index contributed by atoms with van der Waals surface area (Å²) in [6.45, 7) is 8.41. The Morgan fingerprint density at radius 3 is 2.40 bits per heavy atom. The maximum atomic E-state index is 13.6. The topological polar surface area (TPSA) is 157 Å². The first-order chi connectivity index (χ1) is 24.7. The van der Waals surface area contributed by atoms with Gasteiger partial charge in [0.1, 0.15) is 10.7 Å². The van der Waals surface area contributed by atoms with E-state index < -0.39 is 28.0 Å². The van der Waals surface area contributed by atoms with Crippen molar-refractivity contribution >= 4 is 69.2 Å². The Balaban J connectivity index is 1.32. The van der Waals surface area contributed by atoms with Crippen LogP contribution in [-0.2, 0) is 27.2 Å². The number of para-hydroxylation sites is 1. The zero-order valence-electron chi connectivity index (χ0n) is 29.5. The first-order valence-electron chi connectivity index (χ1n) is 16.7. The van der Waals surface area contributed by atoms with E-state index in [1.54, 1.807) is 67.6 Å². The molecule has 0 saturated carbocycles. The molecule has 5 rings (SSSR count). The van der Waals surface area contributed by atoms with Crippen LogP contribution in [0, 0.1) is 21.4 Å². The van der Waals surface area contributed by atoms with Gasteiger partial charge in [-0.25, -0.2) is 4.79 Å². The highest BCUT2D eigenvalue weighted by Gasteiger charge is 2.34. The van der Waals surface area contributed by atoms with Crippen LogP contribution in [0.1, 0.15) is 70.8 Å². The van der Waals surface area contributed by atoms with E-state index in [9.17, 15) is 29.3 Å². The molecule has 0 aliphatic heterocycles. The molecule has 0 spiro atoms. The van der Waals surface area contributed by atoms with Gasteiger partial charge in [0.25, 0.3) is 17.5 Å². The van der Waals surface area contributed by atoms with E-state index >= 15 is 0 Å². The van der Waals surface area contributed by atoms with Crippen LogP contribution in [0.4, 0.5) is 16.4 Å². The Morgan fingerprint density at radius 2 is 1.71 bits per heavy atom. The molecule has 1 aromatic heterocycles. The van der Waals surface area contributed by atoms with Crippen LogP contribution < -0.4 is 16.0 Å². The monoisotopic (exact) mass is 740 g/mol. The molecule has 1 heterocycles. The summed E-state index contributed by atoms with van der Waals surface area (Å²) in [4.78, 5) is 65.9. The van der Waals surface area contributed by atoms with Crippen LogP contribution in [0.2, 0.25) is 0 Å².